The molecule has 0 amide bonds. The molecule has 0 aliphatic carbocycles. The highest BCUT2D eigenvalue weighted by atomic mass is 16.4. The van der Waals surface area contributed by atoms with Crippen LogP contribution in [0.25, 0.3) is 6.08 Å². The highest BCUT2D eigenvalue weighted by molar-refractivity contribution is 5.56. The van der Waals surface area contributed by atoms with Crippen molar-refractivity contribution in [2.24, 2.45) is 0 Å². The molecule has 118 valence electrons. The summed E-state index contributed by atoms with van der Waals surface area (Å²) < 4.78 is 0. The molecule has 1 rings (SSSR count). The van der Waals surface area contributed by atoms with Gasteiger partial charge >= 0.3 is 0 Å². The Morgan fingerprint density at radius 3 is 2.24 bits per heavy atom. The van der Waals surface area contributed by atoms with Crippen LogP contribution in [0.2, 0.25) is 0 Å². The first-order valence-electron chi connectivity index (χ1n) is 6.58. The zero-order valence-corrected chi connectivity index (χ0v) is 12.0. The summed E-state index contributed by atoms with van der Waals surface area (Å²) in [6.45, 7) is 2.98. The molecule has 0 aliphatic rings. The summed E-state index contributed by atoms with van der Waals surface area (Å²) in [7, 11) is 0. The molecular formula is C15H22O6. The second kappa shape index (κ2) is 7.53. The summed E-state index contributed by atoms with van der Waals surface area (Å²) in [5, 5.41) is 56.7. The first-order chi connectivity index (χ1) is 9.77. The van der Waals surface area contributed by atoms with Gasteiger partial charge in [-0.05, 0) is 31.1 Å². The molecule has 0 aromatic heterocycles. The van der Waals surface area contributed by atoms with E-state index in [1.165, 1.54) is 6.08 Å². The quantitative estimate of drug-likeness (QED) is 0.399. The fourth-order valence-corrected chi connectivity index (χ4v) is 1.93. The van der Waals surface area contributed by atoms with Crippen LogP contribution >= 0.6 is 0 Å². The maximum absolute atomic E-state index is 9.83. The predicted molar refractivity (Wildman–Crippen MR) is 77.6 cm³/mol. The Hall–Kier alpha value is -1.44. The van der Waals surface area contributed by atoms with Gasteiger partial charge in [0.1, 0.15) is 30.2 Å². The molecule has 4 atom stereocenters. The fourth-order valence-electron chi connectivity index (χ4n) is 1.93. The summed E-state index contributed by atoms with van der Waals surface area (Å²) in [4.78, 5) is 0. The van der Waals surface area contributed by atoms with Crippen molar-refractivity contribution in [3.63, 3.8) is 0 Å². The number of aliphatic hydroxyl groups is 6. The average Bonchev–Trinajstić information content (AvgIpc) is 2.46. The van der Waals surface area contributed by atoms with Crippen molar-refractivity contribution in [2.75, 3.05) is 6.61 Å². The number of benzene rings is 1. The van der Waals surface area contributed by atoms with Crippen molar-refractivity contribution in [1.82, 2.24) is 0 Å². The topological polar surface area (TPSA) is 121 Å². The molecule has 0 bridgehead atoms. The molecule has 0 fully saturated rings. The van der Waals surface area contributed by atoms with Crippen LogP contribution < -0.4 is 0 Å². The van der Waals surface area contributed by atoms with Gasteiger partial charge in [0.25, 0.3) is 0 Å². The highest BCUT2D eigenvalue weighted by Gasteiger charge is 2.32. The molecule has 1 aromatic rings. The first kappa shape index (κ1) is 17.6. The zero-order valence-electron chi connectivity index (χ0n) is 12.0. The molecule has 0 saturated heterocycles. The van der Waals surface area contributed by atoms with Crippen molar-refractivity contribution in [2.45, 2.75) is 38.3 Å². The molecule has 1 aromatic carbocycles. The van der Waals surface area contributed by atoms with Crippen LogP contribution in [-0.4, -0.2) is 61.7 Å². The molecule has 0 radical (unpaired) electrons. The normalized spacial score (nSPS) is 18.1. The molecule has 0 spiro atoms. The summed E-state index contributed by atoms with van der Waals surface area (Å²) in [5.41, 5.74) is 2.58. The van der Waals surface area contributed by atoms with Gasteiger partial charge in [-0.15, -0.1) is 0 Å². The number of aryl methyl sites for hydroxylation is 2. The van der Waals surface area contributed by atoms with E-state index in [1.807, 2.05) is 26.0 Å². The van der Waals surface area contributed by atoms with E-state index < -0.39 is 36.8 Å². The molecule has 6 heteroatoms. The minimum atomic E-state index is -1.82. The third kappa shape index (κ3) is 4.52. The summed E-state index contributed by atoms with van der Waals surface area (Å²) in [6, 6.07) is 5.48. The Labute approximate surface area is 123 Å². The van der Waals surface area contributed by atoms with E-state index in [0.717, 1.165) is 11.1 Å². The van der Waals surface area contributed by atoms with E-state index in [0.29, 0.717) is 5.56 Å². The molecule has 6 nitrogen and oxygen atoms in total. The molecule has 0 unspecified atom stereocenters. The van der Waals surface area contributed by atoms with Gasteiger partial charge in [0, 0.05) is 0 Å². The Balaban J connectivity index is 2.90. The minimum absolute atomic E-state index is 0.543. The van der Waals surface area contributed by atoms with Crippen LogP contribution in [-0.2, 0) is 0 Å². The second-order valence-electron chi connectivity index (χ2n) is 5.11. The van der Waals surface area contributed by atoms with Gasteiger partial charge in [-0.1, -0.05) is 23.8 Å². The molecular weight excluding hydrogens is 276 g/mol. The van der Waals surface area contributed by atoms with Crippen LogP contribution in [0.4, 0.5) is 0 Å². The zero-order chi connectivity index (χ0) is 16.2. The maximum atomic E-state index is 9.83. The van der Waals surface area contributed by atoms with Crippen molar-refractivity contribution in [3.8, 4) is 0 Å². The van der Waals surface area contributed by atoms with Crippen molar-refractivity contribution < 1.29 is 30.6 Å². The van der Waals surface area contributed by atoms with Crippen LogP contribution in [0.5, 0.6) is 0 Å². The van der Waals surface area contributed by atoms with E-state index in [4.69, 9.17) is 5.11 Å². The lowest BCUT2D eigenvalue weighted by atomic mass is 9.99. The molecule has 0 saturated carbocycles. The monoisotopic (exact) mass is 298 g/mol. The van der Waals surface area contributed by atoms with Crippen LogP contribution in [0.1, 0.15) is 16.7 Å². The fraction of sp³-hybridized carbons (Fsp3) is 0.467. The summed E-state index contributed by atoms with van der Waals surface area (Å²) >= 11 is 0. The van der Waals surface area contributed by atoms with E-state index in [9.17, 15) is 25.5 Å². The number of aliphatic hydroxyl groups excluding tert-OH is 6. The smallest absolute Gasteiger partial charge is 0.139 e. The van der Waals surface area contributed by atoms with Crippen molar-refractivity contribution >= 4 is 6.08 Å². The lowest BCUT2D eigenvalue weighted by Gasteiger charge is -2.25. The first-order valence-corrected chi connectivity index (χ1v) is 6.58. The largest absolute Gasteiger partial charge is 0.509 e. The molecule has 0 aliphatic heterocycles. The van der Waals surface area contributed by atoms with E-state index >= 15 is 0 Å². The number of rotatable bonds is 6. The number of hydrogen-bond donors (Lipinski definition) is 6. The van der Waals surface area contributed by atoms with E-state index in [-0.39, 0.29) is 0 Å². The van der Waals surface area contributed by atoms with E-state index in [2.05, 4.69) is 0 Å². The van der Waals surface area contributed by atoms with Gasteiger partial charge in [-0.3, -0.25) is 0 Å². The third-order valence-corrected chi connectivity index (χ3v) is 3.29. The van der Waals surface area contributed by atoms with Crippen LogP contribution in [0, 0.1) is 13.8 Å². The highest BCUT2D eigenvalue weighted by Crippen LogP contribution is 2.17. The van der Waals surface area contributed by atoms with Gasteiger partial charge in [-0.25, -0.2) is 0 Å². The van der Waals surface area contributed by atoms with Gasteiger partial charge in [0.2, 0.25) is 0 Å². The van der Waals surface area contributed by atoms with Gasteiger partial charge in [0.05, 0.1) is 6.61 Å². The van der Waals surface area contributed by atoms with Crippen molar-refractivity contribution in [1.29, 1.82) is 0 Å². The molecule has 21 heavy (non-hydrogen) atoms. The predicted octanol–water partition coefficient (Wildman–Crippen LogP) is -0.362. The van der Waals surface area contributed by atoms with Crippen LogP contribution in [0.15, 0.2) is 24.0 Å². The Morgan fingerprint density at radius 2 is 1.71 bits per heavy atom. The Bertz CT molecular complexity index is 499. The Kier molecular flexibility index (Phi) is 6.32. The average molecular weight is 298 g/mol. The summed E-state index contributed by atoms with van der Waals surface area (Å²) in [5.74, 6) is -0.543. The summed E-state index contributed by atoms with van der Waals surface area (Å²) in [6.07, 6.45) is -5.71. The minimum Gasteiger partial charge on any atom is -0.509 e. The van der Waals surface area contributed by atoms with Gasteiger partial charge in [-0.2, -0.15) is 0 Å². The lowest BCUT2D eigenvalue weighted by molar-refractivity contribution is -0.112. The molecule has 6 N–H and O–H groups in total. The third-order valence-electron chi connectivity index (χ3n) is 3.29. The van der Waals surface area contributed by atoms with E-state index in [1.54, 1.807) is 6.07 Å². The van der Waals surface area contributed by atoms with Crippen LogP contribution in [0.3, 0.4) is 0 Å². The van der Waals surface area contributed by atoms with Gasteiger partial charge in [0.15, 0.2) is 0 Å². The maximum Gasteiger partial charge on any atom is 0.139 e. The second-order valence-corrected chi connectivity index (χ2v) is 5.11. The molecule has 0 heterocycles. The standard InChI is InChI=1S/C15H22O6/c1-8-3-4-10(9(2)5-8)6-11(17)13(19)15(21)14(20)12(18)7-16/h3-6,12-21H,7H2,1-2H3/t12-,13+,14-,15-/m1/s1. The van der Waals surface area contributed by atoms with Crippen molar-refractivity contribution in [3.05, 3.63) is 40.6 Å². The van der Waals surface area contributed by atoms with Gasteiger partial charge < -0.3 is 30.6 Å². The SMILES string of the molecule is Cc1ccc(C=C(O)[C@H](O)[C@@H](O)[C@H](O)[C@H](O)CO)c(C)c1. The Morgan fingerprint density at radius 1 is 1.10 bits per heavy atom. The number of hydrogen-bond acceptors (Lipinski definition) is 6. The lowest BCUT2D eigenvalue weighted by Crippen LogP contribution is -2.46.